The van der Waals surface area contributed by atoms with Crippen molar-refractivity contribution in [3.8, 4) is 5.69 Å². The highest BCUT2D eigenvalue weighted by Gasteiger charge is 2.37. The summed E-state index contributed by atoms with van der Waals surface area (Å²) in [6.45, 7) is 7.20. The molecule has 0 aliphatic carbocycles. The van der Waals surface area contributed by atoms with Crippen molar-refractivity contribution in [3.63, 3.8) is 0 Å². The van der Waals surface area contributed by atoms with Crippen molar-refractivity contribution in [2.24, 2.45) is 0 Å². The second-order valence-electron chi connectivity index (χ2n) is 9.99. The van der Waals surface area contributed by atoms with E-state index in [-0.39, 0.29) is 18.4 Å². The average molecular weight is 591 g/mol. The number of carbonyl (C=O) groups is 1. The Balaban J connectivity index is 1.83. The molecule has 0 spiro atoms. The van der Waals surface area contributed by atoms with Crippen LogP contribution in [0.15, 0.2) is 65.5 Å². The van der Waals surface area contributed by atoms with Crippen LogP contribution in [0.4, 0.5) is 36.8 Å². The van der Waals surface area contributed by atoms with Crippen molar-refractivity contribution in [1.29, 1.82) is 0 Å². The van der Waals surface area contributed by atoms with Gasteiger partial charge in [-0.25, -0.2) is 9.78 Å². The Labute approximate surface area is 237 Å². The van der Waals surface area contributed by atoms with Crippen molar-refractivity contribution in [2.75, 3.05) is 11.9 Å². The van der Waals surface area contributed by atoms with Gasteiger partial charge < -0.3 is 10.2 Å². The smallest absolute Gasteiger partial charge is 0.315 e. The number of carbonyl (C=O) groups excluding carboxylic acids is 1. The van der Waals surface area contributed by atoms with E-state index in [9.17, 15) is 35.9 Å². The van der Waals surface area contributed by atoms with Gasteiger partial charge in [-0.15, -0.1) is 0 Å². The Bertz CT molecular complexity index is 1660. The van der Waals surface area contributed by atoms with E-state index < -0.39 is 46.8 Å². The van der Waals surface area contributed by atoms with Gasteiger partial charge in [-0.05, 0) is 80.8 Å². The summed E-state index contributed by atoms with van der Waals surface area (Å²) in [5, 5.41) is 2.54. The highest BCUT2D eigenvalue weighted by molar-refractivity contribution is 5.90. The summed E-state index contributed by atoms with van der Waals surface area (Å²) < 4.78 is 81.8. The van der Waals surface area contributed by atoms with E-state index in [2.05, 4.69) is 5.32 Å². The fourth-order valence-corrected chi connectivity index (χ4v) is 4.62. The lowest BCUT2D eigenvalue weighted by molar-refractivity contribution is -0.143. The zero-order valence-corrected chi connectivity index (χ0v) is 23.2. The first-order valence-corrected chi connectivity index (χ1v) is 13.1. The van der Waals surface area contributed by atoms with Gasteiger partial charge in [0.15, 0.2) is 0 Å². The maximum Gasteiger partial charge on any atom is 0.416 e. The molecule has 4 rings (SSSR count). The number of hydrogen-bond acceptors (Lipinski definition) is 3. The third-order valence-corrected chi connectivity index (χ3v) is 6.96. The molecule has 1 aromatic heterocycles. The number of aromatic nitrogens is 2. The van der Waals surface area contributed by atoms with E-state index in [1.54, 1.807) is 50.2 Å². The van der Waals surface area contributed by atoms with Crippen molar-refractivity contribution in [3.05, 3.63) is 99.1 Å². The van der Waals surface area contributed by atoms with Crippen LogP contribution in [0.3, 0.4) is 0 Å². The van der Waals surface area contributed by atoms with Crippen molar-refractivity contribution < 1.29 is 31.1 Å². The molecule has 4 aromatic rings. The molecule has 0 bridgehead atoms. The monoisotopic (exact) mass is 590 g/mol. The Morgan fingerprint density at radius 2 is 1.55 bits per heavy atom. The zero-order chi connectivity index (χ0) is 31.0. The zero-order valence-electron chi connectivity index (χ0n) is 23.2. The first kappa shape index (κ1) is 30.6. The van der Waals surface area contributed by atoms with Crippen LogP contribution >= 0.6 is 0 Å². The van der Waals surface area contributed by atoms with E-state index >= 15 is 0 Å². The molecule has 1 heterocycles. The largest absolute Gasteiger partial charge is 0.416 e. The van der Waals surface area contributed by atoms with Gasteiger partial charge in [-0.2, -0.15) is 26.3 Å². The van der Waals surface area contributed by atoms with Crippen LogP contribution < -0.4 is 10.9 Å². The first-order chi connectivity index (χ1) is 19.6. The minimum Gasteiger partial charge on any atom is -0.315 e. The minimum absolute atomic E-state index is 0.0106. The fourth-order valence-electron chi connectivity index (χ4n) is 4.62. The standard InChI is InChI=1S/C30H28F6N4O2/c1-5-12-39(28(42)37-22-15-20(29(31,32)33)14-21(16-22)30(34,35)36)19(4)26-38-25-9-7-6-8-24(25)27(41)40(26)23-11-10-17(2)18(3)13-23/h6-11,13-16,19H,5,12H2,1-4H3,(H,37,42). The topological polar surface area (TPSA) is 67.2 Å². The number of anilines is 1. The molecule has 2 amide bonds. The summed E-state index contributed by atoms with van der Waals surface area (Å²) >= 11 is 0. The third-order valence-electron chi connectivity index (χ3n) is 6.96. The summed E-state index contributed by atoms with van der Waals surface area (Å²) in [7, 11) is 0. The van der Waals surface area contributed by atoms with Crippen LogP contribution in [0, 0.1) is 13.8 Å². The summed E-state index contributed by atoms with van der Waals surface area (Å²) in [5.41, 5.74) is -1.42. The number of nitrogens with zero attached hydrogens (tertiary/aromatic N) is 3. The number of halogens is 6. The Hall–Kier alpha value is -4.35. The first-order valence-electron chi connectivity index (χ1n) is 13.1. The van der Waals surface area contributed by atoms with E-state index in [1.165, 1.54) is 9.47 Å². The second-order valence-corrected chi connectivity index (χ2v) is 9.99. The van der Waals surface area contributed by atoms with Gasteiger partial charge in [-0.1, -0.05) is 25.1 Å². The molecule has 0 saturated carbocycles. The van der Waals surface area contributed by atoms with Crippen LogP contribution in [0.2, 0.25) is 0 Å². The summed E-state index contributed by atoms with van der Waals surface area (Å²) in [6.07, 6.45) is -9.75. The number of alkyl halides is 6. The molecule has 0 radical (unpaired) electrons. The molecule has 1 atom stereocenters. The predicted octanol–water partition coefficient (Wildman–Crippen LogP) is 8.05. The molecule has 0 fully saturated rings. The van der Waals surface area contributed by atoms with Gasteiger partial charge in [0.05, 0.1) is 33.8 Å². The van der Waals surface area contributed by atoms with E-state index in [0.29, 0.717) is 35.1 Å². The van der Waals surface area contributed by atoms with Crippen LogP contribution in [-0.2, 0) is 12.4 Å². The maximum absolute atomic E-state index is 13.7. The van der Waals surface area contributed by atoms with Gasteiger partial charge in [0.25, 0.3) is 5.56 Å². The molecule has 0 aliphatic heterocycles. The van der Waals surface area contributed by atoms with Gasteiger partial charge in [0.2, 0.25) is 0 Å². The summed E-state index contributed by atoms with van der Waals surface area (Å²) in [4.78, 5) is 33.1. The van der Waals surface area contributed by atoms with Gasteiger partial charge in [-0.3, -0.25) is 9.36 Å². The lowest BCUT2D eigenvalue weighted by Crippen LogP contribution is -2.40. The summed E-state index contributed by atoms with van der Waals surface area (Å²) in [5.74, 6) is 0.172. The van der Waals surface area contributed by atoms with Crippen LogP contribution in [0.1, 0.15) is 54.4 Å². The van der Waals surface area contributed by atoms with Crippen molar-refractivity contribution >= 4 is 22.6 Å². The fraction of sp³-hybridized carbons (Fsp3) is 0.300. The number of aryl methyl sites for hydroxylation is 2. The third kappa shape index (κ3) is 6.27. The SMILES string of the molecule is CCCN(C(=O)Nc1cc(C(F)(F)F)cc(C(F)(F)F)c1)C(C)c1nc2ccccc2c(=O)n1-c1ccc(C)c(C)c1. The number of rotatable bonds is 6. The lowest BCUT2D eigenvalue weighted by Gasteiger charge is -2.30. The van der Waals surface area contributed by atoms with Crippen LogP contribution in [0.5, 0.6) is 0 Å². The van der Waals surface area contributed by atoms with Gasteiger partial charge >= 0.3 is 18.4 Å². The molecular formula is C30H28F6N4O2. The second kappa shape index (κ2) is 11.5. The van der Waals surface area contributed by atoms with E-state index in [0.717, 1.165) is 11.1 Å². The molecule has 6 nitrogen and oxygen atoms in total. The normalized spacial score (nSPS) is 12.8. The van der Waals surface area contributed by atoms with Crippen molar-refractivity contribution in [1.82, 2.24) is 14.5 Å². The van der Waals surface area contributed by atoms with Gasteiger partial charge in [0, 0.05) is 12.2 Å². The van der Waals surface area contributed by atoms with Crippen molar-refractivity contribution in [2.45, 2.75) is 52.5 Å². The minimum atomic E-state index is -5.08. The van der Waals surface area contributed by atoms with Crippen LogP contribution in [0.25, 0.3) is 16.6 Å². The molecule has 0 saturated heterocycles. The number of para-hydroxylation sites is 1. The van der Waals surface area contributed by atoms with Gasteiger partial charge in [0.1, 0.15) is 5.82 Å². The number of hydrogen-bond donors (Lipinski definition) is 1. The number of nitrogens with one attached hydrogen (secondary N) is 1. The van der Waals surface area contributed by atoms with Crippen LogP contribution in [-0.4, -0.2) is 27.0 Å². The predicted molar refractivity (Wildman–Crippen MR) is 148 cm³/mol. The molecular weight excluding hydrogens is 562 g/mol. The van der Waals surface area contributed by atoms with E-state index in [4.69, 9.17) is 4.98 Å². The molecule has 42 heavy (non-hydrogen) atoms. The number of benzene rings is 3. The van der Waals surface area contributed by atoms with E-state index in [1.807, 2.05) is 19.9 Å². The Morgan fingerprint density at radius 1 is 0.929 bits per heavy atom. The highest BCUT2D eigenvalue weighted by atomic mass is 19.4. The molecule has 1 unspecified atom stereocenters. The number of urea groups is 1. The summed E-state index contributed by atoms with van der Waals surface area (Å²) in [6, 6.07) is 11.0. The highest BCUT2D eigenvalue weighted by Crippen LogP contribution is 2.38. The number of amides is 2. The number of fused-ring (bicyclic) bond motifs is 1. The average Bonchev–Trinajstić information content (AvgIpc) is 2.91. The molecule has 3 aromatic carbocycles. The Morgan fingerprint density at radius 3 is 2.12 bits per heavy atom. The molecule has 1 N–H and O–H groups in total. The lowest BCUT2D eigenvalue weighted by atomic mass is 10.1. The molecule has 12 heteroatoms. The maximum atomic E-state index is 13.7. The Kier molecular flexibility index (Phi) is 8.38. The molecule has 222 valence electrons. The quantitative estimate of drug-likeness (QED) is 0.231. The molecule has 0 aliphatic rings.